The standard InChI is InChI=1S/C35H28N4O5/c1-35-31(43-3)23(37(2)34(42)18-11-5-4-6-12-18)17-24(44-35)38-21-15-9-7-13-19(21)25-27-28(33(41)36-32(27)40)26-20-14-8-10-16-22(20)39(35)30(26)29(25)38/h4-16,23-24,31H,17H2,1-3H3,(H,36,40,41)/t23-,24+,31-,35+/m1/s1. The van der Waals surface area contributed by atoms with Crippen molar-refractivity contribution in [3.8, 4) is 0 Å². The first-order valence-corrected chi connectivity index (χ1v) is 14.8. The molecule has 218 valence electrons. The molecule has 6 aromatic rings. The Kier molecular flexibility index (Phi) is 4.96. The Hall–Kier alpha value is -4.99. The van der Waals surface area contributed by atoms with Crippen LogP contribution in [0.1, 0.15) is 50.6 Å². The highest BCUT2D eigenvalue weighted by atomic mass is 16.6. The summed E-state index contributed by atoms with van der Waals surface area (Å²) in [5, 5.41) is 5.74. The summed E-state index contributed by atoms with van der Waals surface area (Å²) in [6.45, 7) is 2.01. The maximum atomic E-state index is 13.9. The van der Waals surface area contributed by atoms with Crippen molar-refractivity contribution in [2.45, 2.75) is 37.4 Å². The maximum absolute atomic E-state index is 13.9. The first-order valence-electron chi connectivity index (χ1n) is 14.8. The molecular formula is C35H28N4O5. The molecule has 2 aromatic heterocycles. The lowest BCUT2D eigenvalue weighted by Gasteiger charge is -2.50. The molecule has 0 spiro atoms. The molecule has 9 rings (SSSR count). The fraction of sp³-hybridized carbons (Fsp3) is 0.229. The van der Waals surface area contributed by atoms with Crippen LogP contribution in [0.5, 0.6) is 0 Å². The van der Waals surface area contributed by atoms with Crippen molar-refractivity contribution in [2.75, 3.05) is 14.2 Å². The Bertz CT molecular complexity index is 2270. The molecule has 9 heteroatoms. The maximum Gasteiger partial charge on any atom is 0.259 e. The number of ether oxygens (including phenoxy) is 2. The Balaban J connectivity index is 1.44. The minimum atomic E-state index is -1.10. The van der Waals surface area contributed by atoms with E-state index in [-0.39, 0.29) is 11.9 Å². The second-order valence-corrected chi connectivity index (χ2v) is 12.1. The van der Waals surface area contributed by atoms with Crippen molar-refractivity contribution in [1.29, 1.82) is 0 Å². The van der Waals surface area contributed by atoms with E-state index in [1.807, 2.05) is 92.8 Å². The Morgan fingerprint density at radius 1 is 0.886 bits per heavy atom. The highest BCUT2D eigenvalue weighted by Gasteiger charge is 2.55. The number of para-hydroxylation sites is 2. The number of rotatable bonds is 3. The van der Waals surface area contributed by atoms with E-state index in [9.17, 15) is 14.4 Å². The zero-order valence-corrected chi connectivity index (χ0v) is 24.3. The summed E-state index contributed by atoms with van der Waals surface area (Å²) in [4.78, 5) is 42.7. The third-order valence-corrected chi connectivity index (χ3v) is 9.96. The molecule has 2 bridgehead atoms. The van der Waals surface area contributed by atoms with Crippen molar-refractivity contribution in [1.82, 2.24) is 19.4 Å². The normalized spacial score (nSPS) is 23.9. The summed E-state index contributed by atoms with van der Waals surface area (Å²) in [6.07, 6.45) is -0.640. The number of hydrogen-bond donors (Lipinski definition) is 1. The van der Waals surface area contributed by atoms with Crippen LogP contribution in [0.2, 0.25) is 0 Å². The Morgan fingerprint density at radius 3 is 2.16 bits per heavy atom. The van der Waals surface area contributed by atoms with Crippen molar-refractivity contribution < 1.29 is 23.9 Å². The Morgan fingerprint density at radius 2 is 1.48 bits per heavy atom. The summed E-state index contributed by atoms with van der Waals surface area (Å²) >= 11 is 0. The van der Waals surface area contributed by atoms with Crippen molar-refractivity contribution in [2.24, 2.45) is 0 Å². The summed E-state index contributed by atoms with van der Waals surface area (Å²) < 4.78 is 17.8. The molecule has 3 aliphatic heterocycles. The number of imide groups is 1. The van der Waals surface area contributed by atoms with Gasteiger partial charge in [0.15, 0.2) is 5.72 Å². The van der Waals surface area contributed by atoms with Gasteiger partial charge < -0.3 is 23.5 Å². The highest BCUT2D eigenvalue weighted by Crippen LogP contribution is 2.54. The van der Waals surface area contributed by atoms with E-state index < -0.39 is 29.9 Å². The largest absolute Gasteiger partial charge is 0.374 e. The SMILES string of the molecule is CO[C@@H]1[C@H](N(C)C(=O)c2ccccc2)C[C@@H]2O[C@]1(C)n1c3ccccc3c3c4c(c5c6ccccc6n2c5c31)C(=O)NC4=O. The third-order valence-electron chi connectivity index (χ3n) is 9.96. The molecule has 0 aliphatic carbocycles. The summed E-state index contributed by atoms with van der Waals surface area (Å²) in [7, 11) is 3.48. The number of carbonyl (C=O) groups excluding carboxylic acids is 3. The van der Waals surface area contributed by atoms with Gasteiger partial charge in [0.2, 0.25) is 0 Å². The molecule has 4 atom stereocenters. The molecule has 0 saturated carbocycles. The molecule has 9 nitrogen and oxygen atoms in total. The van der Waals surface area contributed by atoms with Crippen LogP contribution in [0, 0.1) is 0 Å². The number of nitrogens with one attached hydrogen (secondary N) is 1. The zero-order chi connectivity index (χ0) is 30.1. The molecule has 1 saturated heterocycles. The molecule has 3 amide bonds. The van der Waals surface area contributed by atoms with Gasteiger partial charge in [0, 0.05) is 47.7 Å². The van der Waals surface area contributed by atoms with Crippen molar-refractivity contribution in [3.63, 3.8) is 0 Å². The predicted molar refractivity (Wildman–Crippen MR) is 166 cm³/mol. The molecule has 0 unspecified atom stereocenters. The van der Waals surface area contributed by atoms with Crippen LogP contribution in [-0.2, 0) is 15.2 Å². The minimum absolute atomic E-state index is 0.108. The zero-order valence-electron chi connectivity index (χ0n) is 24.3. The predicted octanol–water partition coefficient (Wildman–Crippen LogP) is 5.55. The van der Waals surface area contributed by atoms with Gasteiger partial charge in [0.1, 0.15) is 12.3 Å². The number of nitrogens with zero attached hydrogens (tertiary/aromatic N) is 3. The first kappa shape index (κ1) is 25.5. The van der Waals surface area contributed by atoms with E-state index in [1.165, 1.54) is 0 Å². The number of carbonyl (C=O) groups is 3. The van der Waals surface area contributed by atoms with E-state index in [2.05, 4.69) is 14.5 Å². The highest BCUT2D eigenvalue weighted by molar-refractivity contribution is 6.39. The lowest BCUT2D eigenvalue weighted by molar-refractivity contribution is -0.264. The number of fused-ring (bicyclic) bond motifs is 13. The van der Waals surface area contributed by atoms with Gasteiger partial charge >= 0.3 is 0 Å². The summed E-state index contributed by atoms with van der Waals surface area (Å²) in [5.41, 5.74) is 3.66. The second-order valence-electron chi connectivity index (χ2n) is 12.1. The van der Waals surface area contributed by atoms with E-state index in [4.69, 9.17) is 9.47 Å². The number of likely N-dealkylation sites (N-methyl/N-ethyl adjacent to an activating group) is 1. The van der Waals surface area contributed by atoms with Gasteiger partial charge in [-0.15, -0.1) is 0 Å². The molecule has 1 fully saturated rings. The molecule has 0 radical (unpaired) electrons. The fourth-order valence-corrected chi connectivity index (χ4v) is 8.25. The second kappa shape index (κ2) is 8.56. The topological polar surface area (TPSA) is 94.8 Å². The van der Waals surface area contributed by atoms with Crippen LogP contribution in [-0.4, -0.2) is 58.1 Å². The van der Waals surface area contributed by atoms with Crippen molar-refractivity contribution in [3.05, 3.63) is 95.6 Å². The number of benzene rings is 4. The molecule has 1 N–H and O–H groups in total. The third kappa shape index (κ3) is 2.93. The average molecular weight is 585 g/mol. The van der Waals surface area contributed by atoms with Crippen LogP contribution in [0.3, 0.4) is 0 Å². The van der Waals surface area contributed by atoms with Crippen LogP contribution in [0.4, 0.5) is 0 Å². The van der Waals surface area contributed by atoms with Crippen LogP contribution in [0.15, 0.2) is 78.9 Å². The van der Waals surface area contributed by atoms with Gasteiger partial charge in [-0.3, -0.25) is 19.7 Å². The van der Waals surface area contributed by atoms with E-state index >= 15 is 0 Å². The summed E-state index contributed by atoms with van der Waals surface area (Å²) in [5.74, 6) is -0.908. The summed E-state index contributed by atoms with van der Waals surface area (Å²) in [6, 6.07) is 24.7. The fourth-order valence-electron chi connectivity index (χ4n) is 8.25. The number of hydrogen-bond acceptors (Lipinski definition) is 5. The van der Waals surface area contributed by atoms with E-state index in [0.29, 0.717) is 28.5 Å². The van der Waals surface area contributed by atoms with Gasteiger partial charge in [0.25, 0.3) is 17.7 Å². The molecular weight excluding hydrogens is 556 g/mol. The van der Waals surface area contributed by atoms with E-state index in [1.54, 1.807) is 12.0 Å². The lowest BCUT2D eigenvalue weighted by atomic mass is 9.91. The molecule has 3 aliphatic rings. The van der Waals surface area contributed by atoms with Crippen molar-refractivity contribution >= 4 is 61.3 Å². The van der Waals surface area contributed by atoms with Gasteiger partial charge in [0.05, 0.1) is 39.2 Å². The Labute approximate surface area is 251 Å². The van der Waals surface area contributed by atoms with Gasteiger partial charge in [-0.2, -0.15) is 0 Å². The van der Waals surface area contributed by atoms with Crippen LogP contribution < -0.4 is 5.32 Å². The molecule has 44 heavy (non-hydrogen) atoms. The first-order chi connectivity index (χ1) is 21.3. The number of methoxy groups -OCH3 is 1. The molecule has 4 aromatic carbocycles. The smallest absolute Gasteiger partial charge is 0.259 e. The average Bonchev–Trinajstić information content (AvgIpc) is 3.65. The quantitative estimate of drug-likeness (QED) is 0.276. The number of amides is 3. The van der Waals surface area contributed by atoms with E-state index in [0.717, 1.165) is 38.2 Å². The van der Waals surface area contributed by atoms with Gasteiger partial charge in [-0.05, 0) is 31.2 Å². The minimum Gasteiger partial charge on any atom is -0.374 e. The monoisotopic (exact) mass is 584 g/mol. The van der Waals surface area contributed by atoms with Gasteiger partial charge in [-0.1, -0.05) is 54.6 Å². The van der Waals surface area contributed by atoms with Crippen LogP contribution in [0.25, 0.3) is 43.6 Å². The lowest BCUT2D eigenvalue weighted by Crippen LogP contribution is -2.61. The van der Waals surface area contributed by atoms with Gasteiger partial charge in [-0.25, -0.2) is 0 Å². The van der Waals surface area contributed by atoms with Crippen LogP contribution >= 0.6 is 0 Å². The number of aromatic nitrogens is 2. The molecule has 5 heterocycles.